The van der Waals surface area contributed by atoms with Crippen LogP contribution in [0.4, 0.5) is 5.95 Å². The summed E-state index contributed by atoms with van der Waals surface area (Å²) in [5.41, 5.74) is 0.486. The first kappa shape index (κ1) is 12.5. The van der Waals surface area contributed by atoms with Gasteiger partial charge in [-0.2, -0.15) is 0 Å². The van der Waals surface area contributed by atoms with E-state index < -0.39 is 0 Å². The van der Waals surface area contributed by atoms with E-state index in [-0.39, 0.29) is 12.0 Å². The molecule has 3 rings (SSSR count). The van der Waals surface area contributed by atoms with Crippen molar-refractivity contribution in [3.05, 3.63) is 11.9 Å². The van der Waals surface area contributed by atoms with Crippen molar-refractivity contribution in [2.24, 2.45) is 0 Å². The standard InChI is InChI=1S/C13H20N4O2/c18-12(15-8-10-4-1-2-7-19-10)11-9-17-6-3-5-14-13(17)16-11/h9-10H,1-8H2,(H,14,16)(H,15,18). The van der Waals surface area contributed by atoms with Crippen molar-refractivity contribution < 1.29 is 9.53 Å². The second-order valence-corrected chi connectivity index (χ2v) is 5.12. The van der Waals surface area contributed by atoms with Crippen LogP contribution in [0.2, 0.25) is 0 Å². The third kappa shape index (κ3) is 2.89. The van der Waals surface area contributed by atoms with Gasteiger partial charge in [0.05, 0.1) is 6.10 Å². The Hall–Kier alpha value is -1.56. The zero-order chi connectivity index (χ0) is 13.1. The van der Waals surface area contributed by atoms with Gasteiger partial charge in [-0.05, 0) is 25.7 Å². The largest absolute Gasteiger partial charge is 0.376 e. The number of ether oxygens (including phenoxy) is 1. The molecule has 1 fully saturated rings. The van der Waals surface area contributed by atoms with Crippen LogP contribution in [0.5, 0.6) is 0 Å². The lowest BCUT2D eigenvalue weighted by Gasteiger charge is -2.22. The third-order valence-corrected chi connectivity index (χ3v) is 3.63. The zero-order valence-corrected chi connectivity index (χ0v) is 11.0. The van der Waals surface area contributed by atoms with Crippen LogP contribution >= 0.6 is 0 Å². The minimum Gasteiger partial charge on any atom is -0.376 e. The highest BCUT2D eigenvalue weighted by Crippen LogP contribution is 2.14. The highest BCUT2D eigenvalue weighted by molar-refractivity contribution is 5.92. The second kappa shape index (κ2) is 5.61. The van der Waals surface area contributed by atoms with Gasteiger partial charge in [0.2, 0.25) is 5.95 Å². The average molecular weight is 264 g/mol. The summed E-state index contributed by atoms with van der Waals surface area (Å²) >= 11 is 0. The number of carbonyl (C=O) groups excluding carboxylic acids is 1. The van der Waals surface area contributed by atoms with E-state index in [1.165, 1.54) is 6.42 Å². The van der Waals surface area contributed by atoms with Gasteiger partial charge in [0, 0.05) is 32.4 Å². The van der Waals surface area contributed by atoms with E-state index in [1.54, 1.807) is 0 Å². The monoisotopic (exact) mass is 264 g/mol. The lowest BCUT2D eigenvalue weighted by Crippen LogP contribution is -2.35. The van der Waals surface area contributed by atoms with Crippen molar-refractivity contribution in [2.75, 3.05) is 25.0 Å². The average Bonchev–Trinajstić information content (AvgIpc) is 2.90. The van der Waals surface area contributed by atoms with Crippen LogP contribution in [0.3, 0.4) is 0 Å². The Bertz CT molecular complexity index is 428. The fourth-order valence-corrected chi connectivity index (χ4v) is 2.55. The van der Waals surface area contributed by atoms with Gasteiger partial charge in [0.25, 0.3) is 5.91 Å². The number of rotatable bonds is 3. The number of aromatic nitrogens is 2. The Morgan fingerprint density at radius 1 is 1.53 bits per heavy atom. The van der Waals surface area contributed by atoms with Gasteiger partial charge in [-0.3, -0.25) is 4.79 Å². The summed E-state index contributed by atoms with van der Waals surface area (Å²) in [5.74, 6) is 0.684. The van der Waals surface area contributed by atoms with Crippen molar-refractivity contribution in [1.29, 1.82) is 0 Å². The van der Waals surface area contributed by atoms with Crippen LogP contribution in [-0.4, -0.2) is 41.3 Å². The van der Waals surface area contributed by atoms with Crippen LogP contribution in [0.25, 0.3) is 0 Å². The summed E-state index contributed by atoms with van der Waals surface area (Å²) in [7, 11) is 0. The minimum absolute atomic E-state index is 0.113. The number of nitrogens with one attached hydrogen (secondary N) is 2. The van der Waals surface area contributed by atoms with Crippen molar-refractivity contribution in [3.8, 4) is 0 Å². The van der Waals surface area contributed by atoms with Crippen molar-refractivity contribution in [1.82, 2.24) is 14.9 Å². The molecule has 2 aliphatic heterocycles. The van der Waals surface area contributed by atoms with Crippen LogP contribution in [0, 0.1) is 0 Å². The molecule has 104 valence electrons. The minimum atomic E-state index is -0.113. The molecule has 0 aromatic carbocycles. The molecule has 1 aromatic heterocycles. The Morgan fingerprint density at radius 2 is 2.47 bits per heavy atom. The van der Waals surface area contributed by atoms with Crippen LogP contribution < -0.4 is 10.6 Å². The molecule has 19 heavy (non-hydrogen) atoms. The first-order valence-corrected chi connectivity index (χ1v) is 7.04. The number of amides is 1. The number of anilines is 1. The smallest absolute Gasteiger partial charge is 0.271 e. The molecular weight excluding hydrogens is 244 g/mol. The molecule has 1 aromatic rings. The molecule has 1 unspecified atom stereocenters. The molecule has 6 nitrogen and oxygen atoms in total. The molecule has 0 aliphatic carbocycles. The maximum Gasteiger partial charge on any atom is 0.271 e. The van der Waals surface area contributed by atoms with Gasteiger partial charge in [-0.15, -0.1) is 0 Å². The molecule has 1 amide bonds. The summed E-state index contributed by atoms with van der Waals surface area (Å²) < 4.78 is 7.59. The maximum absolute atomic E-state index is 12.0. The van der Waals surface area contributed by atoms with Crippen molar-refractivity contribution in [2.45, 2.75) is 38.3 Å². The number of hydrogen-bond donors (Lipinski definition) is 2. The quantitative estimate of drug-likeness (QED) is 0.854. The second-order valence-electron chi connectivity index (χ2n) is 5.12. The molecule has 0 radical (unpaired) electrons. The lowest BCUT2D eigenvalue weighted by molar-refractivity contribution is 0.0168. The molecule has 3 heterocycles. The van der Waals surface area contributed by atoms with Crippen LogP contribution in [0.15, 0.2) is 6.20 Å². The number of imidazole rings is 1. The topological polar surface area (TPSA) is 68.2 Å². The predicted molar refractivity (Wildman–Crippen MR) is 71.3 cm³/mol. The van der Waals surface area contributed by atoms with E-state index in [2.05, 4.69) is 15.6 Å². The molecule has 0 bridgehead atoms. The number of nitrogens with zero attached hydrogens (tertiary/aromatic N) is 2. The highest BCUT2D eigenvalue weighted by atomic mass is 16.5. The first-order valence-electron chi connectivity index (χ1n) is 7.04. The van der Waals surface area contributed by atoms with Gasteiger partial charge in [0.1, 0.15) is 5.69 Å². The normalized spacial score (nSPS) is 22.4. The van der Waals surface area contributed by atoms with E-state index in [0.717, 1.165) is 44.9 Å². The van der Waals surface area contributed by atoms with E-state index in [1.807, 2.05) is 10.8 Å². The van der Waals surface area contributed by atoms with Gasteiger partial charge >= 0.3 is 0 Å². The molecular formula is C13H20N4O2. The van der Waals surface area contributed by atoms with Crippen molar-refractivity contribution in [3.63, 3.8) is 0 Å². The van der Waals surface area contributed by atoms with Gasteiger partial charge in [-0.25, -0.2) is 4.98 Å². The highest BCUT2D eigenvalue weighted by Gasteiger charge is 2.18. The number of fused-ring (bicyclic) bond motifs is 1. The summed E-state index contributed by atoms with van der Waals surface area (Å²) in [6, 6.07) is 0. The Labute approximate surface area is 112 Å². The fourth-order valence-electron chi connectivity index (χ4n) is 2.55. The molecule has 2 aliphatic rings. The molecule has 1 atom stereocenters. The fraction of sp³-hybridized carbons (Fsp3) is 0.692. The summed E-state index contributed by atoms with van der Waals surface area (Å²) in [4.78, 5) is 16.3. The maximum atomic E-state index is 12.0. The Balaban J connectivity index is 1.56. The Kier molecular flexibility index (Phi) is 3.68. The predicted octanol–water partition coefficient (Wildman–Crippen LogP) is 0.998. The van der Waals surface area contributed by atoms with Crippen LogP contribution in [0.1, 0.15) is 36.2 Å². The van der Waals surface area contributed by atoms with Gasteiger partial charge in [0.15, 0.2) is 0 Å². The summed E-state index contributed by atoms with van der Waals surface area (Å²) in [5, 5.41) is 6.10. The summed E-state index contributed by atoms with van der Waals surface area (Å²) in [6.45, 7) is 3.24. The van der Waals surface area contributed by atoms with Crippen molar-refractivity contribution >= 4 is 11.9 Å². The molecule has 6 heteroatoms. The Morgan fingerprint density at radius 3 is 3.26 bits per heavy atom. The molecule has 2 N–H and O–H groups in total. The third-order valence-electron chi connectivity index (χ3n) is 3.63. The molecule has 1 saturated heterocycles. The van der Waals surface area contributed by atoms with E-state index in [4.69, 9.17) is 4.74 Å². The number of aryl methyl sites for hydroxylation is 1. The lowest BCUT2D eigenvalue weighted by atomic mass is 10.1. The molecule has 0 saturated carbocycles. The van der Waals surface area contributed by atoms with E-state index >= 15 is 0 Å². The zero-order valence-electron chi connectivity index (χ0n) is 11.0. The SMILES string of the molecule is O=C(NCC1CCCCO1)c1cn2c(n1)NCCC2. The van der Waals surface area contributed by atoms with E-state index in [0.29, 0.717) is 12.2 Å². The molecule has 0 spiro atoms. The first-order chi connectivity index (χ1) is 9.33. The van der Waals surface area contributed by atoms with E-state index in [9.17, 15) is 4.79 Å². The summed E-state index contributed by atoms with van der Waals surface area (Å²) in [6.07, 6.45) is 6.39. The van der Waals surface area contributed by atoms with Crippen LogP contribution in [-0.2, 0) is 11.3 Å². The van der Waals surface area contributed by atoms with Gasteiger partial charge in [-0.1, -0.05) is 0 Å². The number of carbonyl (C=O) groups is 1. The number of hydrogen-bond acceptors (Lipinski definition) is 4. The van der Waals surface area contributed by atoms with Gasteiger partial charge < -0.3 is 19.9 Å².